The lowest BCUT2D eigenvalue weighted by Crippen LogP contribution is -2.38. The van der Waals surface area contributed by atoms with Crippen molar-refractivity contribution >= 4 is 5.97 Å². The number of aliphatic hydroxyl groups is 1. The Morgan fingerprint density at radius 3 is 2.94 bits per heavy atom. The molecule has 1 aliphatic heterocycles. The smallest absolute Gasteiger partial charge is 0.309 e. The standard InChI is InChI=1S/C15H22O3/c1-8-4-5-12-10(8)6-11-9(2)14(16)18-13(11)7-15(12,3)17/h4,9-13,17H,5-7H2,1-3H3/t9-,10-,11+,12+,13-,15+/m0/s1. The summed E-state index contributed by atoms with van der Waals surface area (Å²) in [7, 11) is 0. The normalized spacial score (nSPS) is 51.2. The van der Waals surface area contributed by atoms with Crippen molar-refractivity contribution in [1.82, 2.24) is 0 Å². The van der Waals surface area contributed by atoms with Crippen molar-refractivity contribution in [3.63, 3.8) is 0 Å². The van der Waals surface area contributed by atoms with Gasteiger partial charge in [0, 0.05) is 12.3 Å². The van der Waals surface area contributed by atoms with Gasteiger partial charge < -0.3 is 9.84 Å². The van der Waals surface area contributed by atoms with E-state index in [4.69, 9.17) is 4.74 Å². The Kier molecular flexibility index (Phi) is 2.60. The van der Waals surface area contributed by atoms with Gasteiger partial charge in [-0.05, 0) is 38.5 Å². The Morgan fingerprint density at radius 2 is 2.22 bits per heavy atom. The van der Waals surface area contributed by atoms with E-state index in [0.717, 1.165) is 12.8 Å². The molecule has 6 atom stereocenters. The predicted molar refractivity (Wildman–Crippen MR) is 67.7 cm³/mol. The highest BCUT2D eigenvalue weighted by Crippen LogP contribution is 2.51. The summed E-state index contributed by atoms with van der Waals surface area (Å²) in [4.78, 5) is 11.7. The van der Waals surface area contributed by atoms with Gasteiger partial charge in [-0.25, -0.2) is 0 Å². The van der Waals surface area contributed by atoms with Crippen molar-refractivity contribution in [3.8, 4) is 0 Å². The van der Waals surface area contributed by atoms with Crippen LogP contribution in [0.1, 0.15) is 40.0 Å². The van der Waals surface area contributed by atoms with Gasteiger partial charge in [-0.15, -0.1) is 0 Å². The van der Waals surface area contributed by atoms with E-state index in [-0.39, 0.29) is 23.9 Å². The van der Waals surface area contributed by atoms with Gasteiger partial charge in [0.2, 0.25) is 0 Å². The number of ether oxygens (including phenoxy) is 1. The second-order valence-electron chi connectivity index (χ2n) is 6.62. The van der Waals surface area contributed by atoms with Gasteiger partial charge in [-0.3, -0.25) is 4.79 Å². The third-order valence-corrected chi connectivity index (χ3v) is 5.46. The fourth-order valence-electron chi connectivity index (χ4n) is 4.22. The van der Waals surface area contributed by atoms with Crippen LogP contribution >= 0.6 is 0 Å². The van der Waals surface area contributed by atoms with E-state index in [1.807, 2.05) is 13.8 Å². The van der Waals surface area contributed by atoms with E-state index in [1.54, 1.807) is 0 Å². The molecule has 1 saturated heterocycles. The number of esters is 1. The molecule has 0 spiro atoms. The van der Waals surface area contributed by atoms with Gasteiger partial charge >= 0.3 is 5.97 Å². The Morgan fingerprint density at radius 1 is 1.50 bits per heavy atom. The first kappa shape index (κ1) is 12.2. The number of carbonyl (C=O) groups excluding carboxylic acids is 1. The third kappa shape index (κ3) is 1.63. The molecular weight excluding hydrogens is 228 g/mol. The van der Waals surface area contributed by atoms with Crippen LogP contribution < -0.4 is 0 Å². The van der Waals surface area contributed by atoms with Gasteiger partial charge in [0.15, 0.2) is 0 Å². The van der Waals surface area contributed by atoms with E-state index >= 15 is 0 Å². The molecule has 3 aliphatic rings. The molecule has 3 rings (SSSR count). The highest BCUT2D eigenvalue weighted by atomic mass is 16.6. The van der Waals surface area contributed by atoms with Crippen LogP contribution in [0.25, 0.3) is 0 Å². The lowest BCUT2D eigenvalue weighted by atomic mass is 9.77. The van der Waals surface area contributed by atoms with Crippen molar-refractivity contribution < 1.29 is 14.6 Å². The Bertz CT molecular complexity index is 410. The summed E-state index contributed by atoms with van der Waals surface area (Å²) in [5.74, 6) is 0.901. The van der Waals surface area contributed by atoms with Crippen LogP contribution in [-0.4, -0.2) is 22.8 Å². The molecule has 1 N–H and O–H groups in total. The monoisotopic (exact) mass is 250 g/mol. The maximum Gasteiger partial charge on any atom is 0.309 e. The second kappa shape index (κ2) is 3.83. The molecule has 2 aliphatic carbocycles. The SMILES string of the molecule is CC1=CC[C@@H]2[C@H]1C[C@H]1[C@H](C[C@@]2(C)O)OC(=O)[C@H]1C. The lowest BCUT2D eigenvalue weighted by molar-refractivity contribution is -0.146. The highest BCUT2D eigenvalue weighted by Gasteiger charge is 2.53. The molecule has 0 aromatic rings. The molecule has 1 heterocycles. The van der Waals surface area contributed by atoms with E-state index in [9.17, 15) is 9.90 Å². The molecule has 3 nitrogen and oxygen atoms in total. The highest BCUT2D eigenvalue weighted by molar-refractivity contribution is 5.74. The fourth-order valence-corrected chi connectivity index (χ4v) is 4.22. The van der Waals surface area contributed by atoms with Crippen LogP contribution in [-0.2, 0) is 9.53 Å². The minimum atomic E-state index is -0.720. The summed E-state index contributed by atoms with van der Waals surface area (Å²) in [6.45, 7) is 6.04. The Hall–Kier alpha value is -0.830. The lowest BCUT2D eigenvalue weighted by Gasteiger charge is -2.33. The Balaban J connectivity index is 1.94. The zero-order valence-electron chi connectivity index (χ0n) is 11.3. The number of hydrogen-bond donors (Lipinski definition) is 1. The molecule has 3 heteroatoms. The zero-order chi connectivity index (χ0) is 13.1. The molecule has 100 valence electrons. The van der Waals surface area contributed by atoms with Crippen molar-refractivity contribution in [2.75, 3.05) is 0 Å². The molecule has 0 aromatic heterocycles. The number of hydrogen-bond acceptors (Lipinski definition) is 3. The fraction of sp³-hybridized carbons (Fsp3) is 0.800. The molecule has 0 radical (unpaired) electrons. The van der Waals surface area contributed by atoms with Gasteiger partial charge in [0.05, 0.1) is 11.5 Å². The Labute approximate surface area is 108 Å². The number of carbonyl (C=O) groups is 1. The first-order chi connectivity index (χ1) is 8.40. The van der Waals surface area contributed by atoms with Crippen molar-refractivity contribution in [3.05, 3.63) is 11.6 Å². The van der Waals surface area contributed by atoms with Crippen molar-refractivity contribution in [2.45, 2.75) is 51.7 Å². The van der Waals surface area contributed by atoms with Gasteiger partial charge in [-0.2, -0.15) is 0 Å². The van der Waals surface area contributed by atoms with Crippen LogP contribution in [0, 0.1) is 23.7 Å². The average molecular weight is 250 g/mol. The average Bonchev–Trinajstić information content (AvgIpc) is 2.72. The molecule has 2 fully saturated rings. The van der Waals surface area contributed by atoms with Crippen LogP contribution in [0.15, 0.2) is 11.6 Å². The number of allylic oxidation sites excluding steroid dienone is 2. The van der Waals surface area contributed by atoms with Crippen LogP contribution in [0.4, 0.5) is 0 Å². The molecule has 0 unspecified atom stereocenters. The summed E-state index contributed by atoms with van der Waals surface area (Å²) in [5.41, 5.74) is 0.662. The summed E-state index contributed by atoms with van der Waals surface area (Å²) < 4.78 is 5.48. The molecule has 18 heavy (non-hydrogen) atoms. The second-order valence-corrected chi connectivity index (χ2v) is 6.62. The minimum absolute atomic E-state index is 0.0158. The molecule has 0 amide bonds. The number of fused-ring (bicyclic) bond motifs is 2. The minimum Gasteiger partial charge on any atom is -0.462 e. The molecular formula is C15H22O3. The maximum absolute atomic E-state index is 11.7. The molecule has 1 saturated carbocycles. The van der Waals surface area contributed by atoms with E-state index in [1.165, 1.54) is 5.57 Å². The van der Waals surface area contributed by atoms with E-state index < -0.39 is 5.60 Å². The first-order valence-electron chi connectivity index (χ1n) is 6.99. The third-order valence-electron chi connectivity index (χ3n) is 5.46. The quantitative estimate of drug-likeness (QED) is 0.530. The largest absolute Gasteiger partial charge is 0.462 e. The molecule has 0 bridgehead atoms. The topological polar surface area (TPSA) is 46.5 Å². The summed E-state index contributed by atoms with van der Waals surface area (Å²) in [6, 6.07) is 0. The van der Waals surface area contributed by atoms with Gasteiger partial charge in [-0.1, -0.05) is 18.6 Å². The van der Waals surface area contributed by atoms with Crippen LogP contribution in [0.5, 0.6) is 0 Å². The number of rotatable bonds is 0. The van der Waals surface area contributed by atoms with E-state index in [0.29, 0.717) is 18.3 Å². The first-order valence-corrected chi connectivity index (χ1v) is 6.99. The maximum atomic E-state index is 11.7. The molecule has 0 aromatic carbocycles. The summed E-state index contributed by atoms with van der Waals surface area (Å²) in [6.07, 6.45) is 4.72. The predicted octanol–water partition coefficient (Wildman–Crippen LogP) is 2.29. The summed E-state index contributed by atoms with van der Waals surface area (Å²) >= 11 is 0. The zero-order valence-corrected chi connectivity index (χ0v) is 11.3. The van der Waals surface area contributed by atoms with Crippen LogP contribution in [0.3, 0.4) is 0 Å². The van der Waals surface area contributed by atoms with Crippen molar-refractivity contribution in [2.24, 2.45) is 23.7 Å². The summed E-state index contributed by atoms with van der Waals surface area (Å²) in [5, 5.41) is 10.7. The van der Waals surface area contributed by atoms with Gasteiger partial charge in [0.1, 0.15) is 6.10 Å². The van der Waals surface area contributed by atoms with Crippen LogP contribution in [0.2, 0.25) is 0 Å². The van der Waals surface area contributed by atoms with E-state index in [2.05, 4.69) is 13.0 Å². The van der Waals surface area contributed by atoms with Crippen molar-refractivity contribution in [1.29, 1.82) is 0 Å². The van der Waals surface area contributed by atoms with Gasteiger partial charge in [0.25, 0.3) is 0 Å².